The average molecular weight is 285 g/mol. The highest BCUT2D eigenvalue weighted by molar-refractivity contribution is 5.71. The maximum atomic E-state index is 11.2. The summed E-state index contributed by atoms with van der Waals surface area (Å²) in [6, 6.07) is 8.30. The molecule has 0 saturated carbocycles. The average Bonchev–Trinajstić information content (AvgIpc) is 3.09. The molecule has 110 valence electrons. The molecule has 1 aliphatic rings. The molecule has 5 heteroatoms. The van der Waals surface area contributed by atoms with Gasteiger partial charge in [-0.2, -0.15) is 0 Å². The highest BCUT2D eigenvalue weighted by atomic mass is 16.4. The van der Waals surface area contributed by atoms with E-state index in [-0.39, 0.29) is 11.8 Å². The second-order valence-electron chi connectivity index (χ2n) is 5.75. The maximum absolute atomic E-state index is 11.2. The maximum Gasteiger partial charge on any atom is 0.308 e. The van der Waals surface area contributed by atoms with Crippen molar-refractivity contribution in [2.45, 2.75) is 13.5 Å². The van der Waals surface area contributed by atoms with Gasteiger partial charge in [0.2, 0.25) is 0 Å². The molecular formula is C16H19N3O2. The van der Waals surface area contributed by atoms with Crippen LogP contribution in [0.2, 0.25) is 0 Å². The molecule has 0 radical (unpaired) electrons. The summed E-state index contributed by atoms with van der Waals surface area (Å²) in [4.78, 5) is 17.4. The van der Waals surface area contributed by atoms with Gasteiger partial charge in [0.15, 0.2) is 0 Å². The Labute approximate surface area is 123 Å². The topological polar surface area (TPSA) is 58.4 Å². The van der Waals surface area contributed by atoms with Gasteiger partial charge in [-0.1, -0.05) is 19.1 Å². The summed E-state index contributed by atoms with van der Waals surface area (Å²) in [5, 5.41) is 9.17. The Morgan fingerprint density at radius 3 is 2.67 bits per heavy atom. The van der Waals surface area contributed by atoms with Crippen LogP contribution in [0.1, 0.15) is 12.5 Å². The minimum atomic E-state index is -0.680. The summed E-state index contributed by atoms with van der Waals surface area (Å²) < 4.78 is 1.96. The Kier molecular flexibility index (Phi) is 3.75. The van der Waals surface area contributed by atoms with E-state index in [1.807, 2.05) is 17.7 Å². The molecule has 0 unspecified atom stereocenters. The molecule has 1 aliphatic heterocycles. The summed E-state index contributed by atoms with van der Waals surface area (Å²) in [7, 11) is 0. The third-order valence-corrected chi connectivity index (χ3v) is 4.15. The monoisotopic (exact) mass is 285 g/mol. The fourth-order valence-electron chi connectivity index (χ4n) is 2.96. The van der Waals surface area contributed by atoms with E-state index in [2.05, 4.69) is 34.1 Å². The van der Waals surface area contributed by atoms with Crippen molar-refractivity contribution in [3.63, 3.8) is 0 Å². The normalized spacial score (nSPS) is 22.5. The molecule has 0 bridgehead atoms. The lowest BCUT2D eigenvalue weighted by Gasteiger charge is -2.15. The van der Waals surface area contributed by atoms with Gasteiger partial charge in [-0.25, -0.2) is 4.98 Å². The lowest BCUT2D eigenvalue weighted by molar-refractivity contribution is -0.142. The highest BCUT2D eigenvalue weighted by Gasteiger charge is 2.34. The minimum Gasteiger partial charge on any atom is -0.481 e. The molecule has 2 atom stereocenters. The van der Waals surface area contributed by atoms with Crippen molar-refractivity contribution in [1.29, 1.82) is 0 Å². The van der Waals surface area contributed by atoms with Crippen LogP contribution in [0.3, 0.4) is 0 Å². The van der Waals surface area contributed by atoms with Gasteiger partial charge < -0.3 is 9.67 Å². The third-order valence-electron chi connectivity index (χ3n) is 4.15. The second-order valence-corrected chi connectivity index (χ2v) is 5.75. The van der Waals surface area contributed by atoms with Crippen molar-refractivity contribution >= 4 is 5.97 Å². The van der Waals surface area contributed by atoms with Gasteiger partial charge in [-0.15, -0.1) is 0 Å². The number of rotatable bonds is 4. The first-order valence-electron chi connectivity index (χ1n) is 7.16. The van der Waals surface area contributed by atoms with Gasteiger partial charge in [0.1, 0.15) is 0 Å². The van der Waals surface area contributed by atoms with E-state index in [0.717, 1.165) is 18.8 Å². The number of aliphatic carboxylic acids is 1. The first-order valence-corrected chi connectivity index (χ1v) is 7.16. The van der Waals surface area contributed by atoms with Gasteiger partial charge in [0.25, 0.3) is 0 Å². The number of aromatic nitrogens is 2. The summed E-state index contributed by atoms with van der Waals surface area (Å²) in [6.07, 6.45) is 5.44. The fourth-order valence-corrected chi connectivity index (χ4v) is 2.96. The van der Waals surface area contributed by atoms with Crippen molar-refractivity contribution in [2.75, 3.05) is 13.1 Å². The molecule has 0 spiro atoms. The van der Waals surface area contributed by atoms with Crippen molar-refractivity contribution in [1.82, 2.24) is 14.5 Å². The van der Waals surface area contributed by atoms with Gasteiger partial charge in [-0.3, -0.25) is 9.69 Å². The fraction of sp³-hybridized carbons (Fsp3) is 0.375. The molecule has 0 amide bonds. The zero-order valence-electron chi connectivity index (χ0n) is 12.0. The number of imidazole rings is 1. The van der Waals surface area contributed by atoms with Gasteiger partial charge in [0, 0.05) is 37.7 Å². The highest BCUT2D eigenvalue weighted by Crippen LogP contribution is 2.24. The number of carboxylic acids is 1. The van der Waals surface area contributed by atoms with E-state index in [0.29, 0.717) is 6.54 Å². The standard InChI is InChI=1S/C16H19N3O2/c1-12-8-18(10-15(12)16(20)21)9-13-2-4-14(5-3-13)19-7-6-17-11-19/h2-7,11-12,15H,8-10H2,1H3,(H,20,21)/t12-,15-/m1/s1. The van der Waals surface area contributed by atoms with Crippen molar-refractivity contribution in [2.24, 2.45) is 11.8 Å². The molecule has 1 aromatic carbocycles. The number of hydrogen-bond acceptors (Lipinski definition) is 3. The Morgan fingerprint density at radius 1 is 1.33 bits per heavy atom. The lowest BCUT2D eigenvalue weighted by atomic mass is 9.99. The number of benzene rings is 1. The minimum absolute atomic E-state index is 0.215. The number of carbonyl (C=O) groups is 1. The van der Waals surface area contributed by atoms with Crippen LogP contribution >= 0.6 is 0 Å². The van der Waals surface area contributed by atoms with Crippen molar-refractivity contribution in [3.05, 3.63) is 48.5 Å². The smallest absolute Gasteiger partial charge is 0.308 e. The van der Waals surface area contributed by atoms with Gasteiger partial charge in [0.05, 0.1) is 12.2 Å². The number of hydrogen-bond donors (Lipinski definition) is 1. The number of likely N-dealkylation sites (tertiary alicyclic amines) is 1. The quantitative estimate of drug-likeness (QED) is 0.933. The Bertz CT molecular complexity index is 607. The predicted octanol–water partition coefficient (Wildman–Crippen LogP) is 2.02. The van der Waals surface area contributed by atoms with Crippen LogP contribution in [0.5, 0.6) is 0 Å². The molecule has 2 heterocycles. The van der Waals surface area contributed by atoms with E-state index < -0.39 is 5.97 Å². The molecule has 1 saturated heterocycles. The van der Waals surface area contributed by atoms with E-state index in [4.69, 9.17) is 0 Å². The predicted molar refractivity (Wildman–Crippen MR) is 79.1 cm³/mol. The first kappa shape index (κ1) is 13.8. The van der Waals surface area contributed by atoms with Crippen molar-refractivity contribution in [3.8, 4) is 5.69 Å². The Balaban J connectivity index is 1.65. The number of carboxylic acid groups (broad SMARTS) is 1. The summed E-state index contributed by atoms with van der Waals surface area (Å²) in [6.45, 7) is 4.30. The van der Waals surface area contributed by atoms with Crippen LogP contribution in [0, 0.1) is 11.8 Å². The SMILES string of the molecule is C[C@@H]1CN(Cc2ccc(-n3ccnc3)cc2)C[C@H]1C(=O)O. The molecule has 21 heavy (non-hydrogen) atoms. The van der Waals surface area contributed by atoms with Crippen LogP contribution in [0.15, 0.2) is 43.0 Å². The van der Waals surface area contributed by atoms with E-state index in [1.54, 1.807) is 12.5 Å². The molecule has 3 rings (SSSR count). The van der Waals surface area contributed by atoms with E-state index in [1.165, 1.54) is 5.56 Å². The van der Waals surface area contributed by atoms with Gasteiger partial charge in [-0.05, 0) is 23.6 Å². The second kappa shape index (κ2) is 5.69. The summed E-state index contributed by atoms with van der Waals surface area (Å²) in [5.74, 6) is -0.705. The Hall–Kier alpha value is -2.14. The zero-order valence-corrected chi connectivity index (χ0v) is 12.0. The molecule has 1 N–H and O–H groups in total. The first-order chi connectivity index (χ1) is 10.1. The zero-order chi connectivity index (χ0) is 14.8. The Morgan fingerprint density at radius 2 is 2.10 bits per heavy atom. The van der Waals surface area contributed by atoms with Crippen LogP contribution < -0.4 is 0 Å². The summed E-state index contributed by atoms with van der Waals surface area (Å²) in [5.41, 5.74) is 2.28. The van der Waals surface area contributed by atoms with Crippen LogP contribution in [-0.4, -0.2) is 38.6 Å². The van der Waals surface area contributed by atoms with Crippen LogP contribution in [0.25, 0.3) is 5.69 Å². The number of nitrogens with zero attached hydrogens (tertiary/aromatic N) is 3. The molecule has 5 nitrogen and oxygen atoms in total. The van der Waals surface area contributed by atoms with Crippen LogP contribution in [-0.2, 0) is 11.3 Å². The lowest BCUT2D eigenvalue weighted by Crippen LogP contribution is -2.23. The summed E-state index contributed by atoms with van der Waals surface area (Å²) >= 11 is 0. The molecule has 2 aromatic rings. The van der Waals surface area contributed by atoms with E-state index >= 15 is 0 Å². The van der Waals surface area contributed by atoms with E-state index in [9.17, 15) is 9.90 Å². The molecule has 1 fully saturated rings. The van der Waals surface area contributed by atoms with Gasteiger partial charge >= 0.3 is 5.97 Å². The molecule has 0 aliphatic carbocycles. The van der Waals surface area contributed by atoms with Crippen molar-refractivity contribution < 1.29 is 9.90 Å². The molecule has 1 aromatic heterocycles. The third kappa shape index (κ3) is 2.97. The molecular weight excluding hydrogens is 266 g/mol. The largest absolute Gasteiger partial charge is 0.481 e. The van der Waals surface area contributed by atoms with Crippen LogP contribution in [0.4, 0.5) is 0 Å².